The molecule has 0 aliphatic rings. The molecule has 1 aromatic carbocycles. The van der Waals surface area contributed by atoms with E-state index in [1.54, 1.807) is 0 Å². The molecular weight excluding hydrogens is 228 g/mol. The van der Waals surface area contributed by atoms with Crippen LogP contribution in [0, 0.1) is 23.7 Å². The first-order chi connectivity index (χ1) is 8.60. The molecule has 0 saturated heterocycles. The summed E-state index contributed by atoms with van der Waals surface area (Å²) in [6.07, 6.45) is 3.77. The quantitative estimate of drug-likeness (QED) is 0.586. The average molecular weight is 260 g/mol. The first kappa shape index (κ1) is 16.3. The third-order valence-corrected chi connectivity index (χ3v) is 3.68. The van der Waals surface area contributed by atoms with Gasteiger partial charge in [-0.1, -0.05) is 71.4 Å². The van der Waals surface area contributed by atoms with Crippen LogP contribution in [0.1, 0.15) is 65.5 Å². The maximum absolute atomic E-state index is 2.42. The van der Waals surface area contributed by atoms with Crippen LogP contribution in [0.5, 0.6) is 0 Å². The van der Waals surface area contributed by atoms with Crippen molar-refractivity contribution in [2.75, 3.05) is 0 Å². The summed E-state index contributed by atoms with van der Waals surface area (Å²) in [6, 6.07) is 8.96. The first-order valence-corrected chi connectivity index (χ1v) is 7.65. The van der Waals surface area contributed by atoms with E-state index in [1.807, 2.05) is 0 Å². The van der Waals surface area contributed by atoms with E-state index in [0.717, 1.165) is 5.92 Å². The number of hydrogen-bond acceptors (Lipinski definition) is 0. The molecule has 0 heteroatoms. The average Bonchev–Trinajstić information content (AvgIpc) is 2.11. The number of hydrogen-bond donors (Lipinski definition) is 0. The Morgan fingerprint density at radius 2 is 1.63 bits per heavy atom. The van der Waals surface area contributed by atoms with Gasteiger partial charge in [-0.2, -0.15) is 0 Å². The predicted octanol–water partition coefficient (Wildman–Crippen LogP) is 6.03. The molecule has 0 spiro atoms. The van der Waals surface area contributed by atoms with Gasteiger partial charge in [0.2, 0.25) is 0 Å². The highest BCUT2D eigenvalue weighted by molar-refractivity contribution is 5.23. The van der Waals surface area contributed by atoms with Gasteiger partial charge in [-0.15, -0.1) is 0 Å². The van der Waals surface area contributed by atoms with Crippen LogP contribution >= 0.6 is 0 Å². The summed E-state index contributed by atoms with van der Waals surface area (Å²) in [5.74, 6) is 0.782. The molecule has 0 nitrogen and oxygen atoms in total. The summed E-state index contributed by atoms with van der Waals surface area (Å²) in [4.78, 5) is 0. The molecule has 0 atom stereocenters. The lowest BCUT2D eigenvalue weighted by Gasteiger charge is -2.36. The van der Waals surface area contributed by atoms with Crippen LogP contribution in [0.2, 0.25) is 0 Å². The van der Waals surface area contributed by atoms with Gasteiger partial charge in [0.1, 0.15) is 0 Å². The summed E-state index contributed by atoms with van der Waals surface area (Å²) in [6.45, 7) is 16.5. The van der Waals surface area contributed by atoms with Gasteiger partial charge in [-0.3, -0.25) is 0 Å². The van der Waals surface area contributed by atoms with Gasteiger partial charge in [0.15, 0.2) is 0 Å². The highest BCUT2D eigenvalue weighted by atomic mass is 14.3. The Morgan fingerprint density at radius 3 is 2.16 bits per heavy atom. The molecular formula is C19H32. The molecule has 19 heavy (non-hydrogen) atoms. The van der Waals surface area contributed by atoms with Gasteiger partial charge in [0.25, 0.3) is 0 Å². The predicted molar refractivity (Wildman–Crippen MR) is 86.5 cm³/mol. The third-order valence-electron chi connectivity index (χ3n) is 3.68. The zero-order valence-electron chi connectivity index (χ0n) is 14.0. The van der Waals surface area contributed by atoms with E-state index >= 15 is 0 Å². The topological polar surface area (TPSA) is 0 Å². The lowest BCUT2D eigenvalue weighted by molar-refractivity contribution is 0.164. The molecule has 0 radical (unpaired) electrons. The summed E-state index contributed by atoms with van der Waals surface area (Å²) < 4.78 is 0. The van der Waals surface area contributed by atoms with E-state index in [1.165, 1.54) is 30.4 Å². The van der Waals surface area contributed by atoms with Crippen molar-refractivity contribution in [3.05, 3.63) is 35.4 Å². The maximum atomic E-state index is 2.42. The van der Waals surface area contributed by atoms with Gasteiger partial charge >= 0.3 is 0 Å². The van der Waals surface area contributed by atoms with Gasteiger partial charge < -0.3 is 0 Å². The van der Waals surface area contributed by atoms with Crippen LogP contribution in [-0.4, -0.2) is 0 Å². The maximum Gasteiger partial charge on any atom is -0.0227 e. The van der Waals surface area contributed by atoms with Crippen molar-refractivity contribution < 1.29 is 0 Å². The van der Waals surface area contributed by atoms with Crippen LogP contribution in [0.3, 0.4) is 0 Å². The molecule has 108 valence electrons. The summed E-state index contributed by atoms with van der Waals surface area (Å²) in [5.41, 5.74) is 3.65. The number of benzene rings is 1. The van der Waals surface area contributed by atoms with Crippen molar-refractivity contribution in [1.82, 2.24) is 0 Å². The monoisotopic (exact) mass is 260 g/mol. The van der Waals surface area contributed by atoms with Crippen LogP contribution in [-0.2, 0) is 6.42 Å². The van der Waals surface area contributed by atoms with E-state index in [9.17, 15) is 0 Å². The first-order valence-electron chi connectivity index (χ1n) is 7.65. The number of rotatable bonds is 6. The van der Waals surface area contributed by atoms with Crippen molar-refractivity contribution >= 4 is 0 Å². The van der Waals surface area contributed by atoms with Crippen molar-refractivity contribution in [2.45, 2.75) is 67.7 Å². The van der Waals surface area contributed by atoms with E-state index < -0.39 is 0 Å². The number of aryl methyl sites for hydroxylation is 1. The Hall–Kier alpha value is -0.780. The second-order valence-corrected chi connectivity index (χ2v) is 8.27. The summed E-state index contributed by atoms with van der Waals surface area (Å²) >= 11 is 0. The molecule has 1 rings (SSSR count). The molecule has 0 amide bonds. The molecule has 0 aliphatic carbocycles. The van der Waals surface area contributed by atoms with E-state index in [4.69, 9.17) is 0 Å². The van der Waals surface area contributed by atoms with Crippen LogP contribution in [0.4, 0.5) is 0 Å². The standard InChI is InChI=1S/C19H32/c1-15(2)12-18(4,5)14-19(6,7)13-17-10-8-9-16(3)11-17/h8-11,15H,12-14H2,1-7H3. The Morgan fingerprint density at radius 1 is 1.00 bits per heavy atom. The van der Waals surface area contributed by atoms with Gasteiger partial charge in [-0.25, -0.2) is 0 Å². The van der Waals surface area contributed by atoms with Crippen molar-refractivity contribution in [1.29, 1.82) is 0 Å². The Bertz CT molecular complexity index is 396. The molecule has 0 aromatic heterocycles. The lowest BCUT2D eigenvalue weighted by atomic mass is 9.69. The van der Waals surface area contributed by atoms with Crippen molar-refractivity contribution in [3.8, 4) is 0 Å². The minimum Gasteiger partial charge on any atom is -0.0628 e. The molecule has 0 unspecified atom stereocenters. The van der Waals surface area contributed by atoms with Crippen LogP contribution < -0.4 is 0 Å². The summed E-state index contributed by atoms with van der Waals surface area (Å²) in [5, 5.41) is 0. The Labute approximate surface area is 120 Å². The highest BCUT2D eigenvalue weighted by Crippen LogP contribution is 2.40. The molecule has 0 N–H and O–H groups in total. The fraction of sp³-hybridized carbons (Fsp3) is 0.684. The Balaban J connectivity index is 2.70. The minimum atomic E-state index is 0.367. The van der Waals surface area contributed by atoms with E-state index in [-0.39, 0.29) is 0 Å². The largest absolute Gasteiger partial charge is 0.0628 e. The zero-order chi connectivity index (χ0) is 14.7. The molecule has 0 heterocycles. The van der Waals surface area contributed by atoms with Gasteiger partial charge in [0, 0.05) is 0 Å². The summed E-state index contributed by atoms with van der Waals surface area (Å²) in [7, 11) is 0. The molecule has 1 aromatic rings. The Kier molecular flexibility index (Phi) is 5.24. The molecule has 0 aliphatic heterocycles. The van der Waals surface area contributed by atoms with Crippen molar-refractivity contribution in [2.24, 2.45) is 16.7 Å². The van der Waals surface area contributed by atoms with Gasteiger partial charge in [0.05, 0.1) is 0 Å². The van der Waals surface area contributed by atoms with Crippen LogP contribution in [0.15, 0.2) is 24.3 Å². The fourth-order valence-electron chi connectivity index (χ4n) is 3.91. The molecule has 0 saturated carbocycles. The van der Waals surface area contributed by atoms with Crippen LogP contribution in [0.25, 0.3) is 0 Å². The second-order valence-electron chi connectivity index (χ2n) is 8.27. The lowest BCUT2D eigenvalue weighted by Crippen LogP contribution is -2.26. The SMILES string of the molecule is Cc1cccc(CC(C)(C)CC(C)(C)CC(C)C)c1. The normalized spacial score (nSPS) is 13.1. The molecule has 0 fully saturated rings. The fourth-order valence-corrected chi connectivity index (χ4v) is 3.91. The third kappa shape index (κ3) is 6.27. The van der Waals surface area contributed by atoms with Crippen molar-refractivity contribution in [3.63, 3.8) is 0 Å². The zero-order valence-corrected chi connectivity index (χ0v) is 14.0. The highest BCUT2D eigenvalue weighted by Gasteiger charge is 2.29. The second kappa shape index (κ2) is 6.11. The van der Waals surface area contributed by atoms with E-state index in [2.05, 4.69) is 72.7 Å². The smallest absolute Gasteiger partial charge is 0.0227 e. The minimum absolute atomic E-state index is 0.367. The van der Waals surface area contributed by atoms with Gasteiger partial charge in [-0.05, 0) is 48.5 Å². The van der Waals surface area contributed by atoms with E-state index in [0.29, 0.717) is 10.8 Å². The molecule has 0 bridgehead atoms.